The molecule has 3 aromatic heterocycles. The van der Waals surface area contributed by atoms with E-state index in [2.05, 4.69) is 10.1 Å². The fourth-order valence-electron chi connectivity index (χ4n) is 4.13. The second-order valence-corrected chi connectivity index (χ2v) is 8.77. The summed E-state index contributed by atoms with van der Waals surface area (Å²) in [4.78, 5) is 28.9. The molecule has 0 radical (unpaired) electrons. The topological polar surface area (TPSA) is 113 Å². The zero-order valence-corrected chi connectivity index (χ0v) is 20.0. The van der Waals surface area contributed by atoms with E-state index in [9.17, 15) is 9.59 Å². The van der Waals surface area contributed by atoms with Crippen LogP contribution >= 0.6 is 11.6 Å². The van der Waals surface area contributed by atoms with Crippen LogP contribution in [-0.4, -0.2) is 20.7 Å². The number of pyridine rings is 1. The van der Waals surface area contributed by atoms with Crippen LogP contribution in [0.1, 0.15) is 34.6 Å². The number of halogens is 1. The van der Waals surface area contributed by atoms with E-state index in [0.29, 0.717) is 22.3 Å². The Morgan fingerprint density at radius 2 is 1.97 bits per heavy atom. The summed E-state index contributed by atoms with van der Waals surface area (Å²) in [5.74, 6) is -0.149. The summed E-state index contributed by atoms with van der Waals surface area (Å²) in [6, 6.07) is 13.9. The molecule has 0 bridgehead atoms. The number of hydrogen-bond acceptors (Lipinski definition) is 6. The van der Waals surface area contributed by atoms with E-state index in [0.717, 1.165) is 22.0 Å². The number of nitrogens with two attached hydrogens (primary N) is 1. The van der Waals surface area contributed by atoms with E-state index in [1.54, 1.807) is 17.7 Å². The lowest BCUT2D eigenvalue weighted by Gasteiger charge is -2.18. The van der Waals surface area contributed by atoms with E-state index in [4.69, 9.17) is 26.5 Å². The number of ether oxygens (including phenoxy) is 1. The number of carbonyl (C=O) groups is 1. The molecular formula is C26H21ClN4O4. The van der Waals surface area contributed by atoms with Crippen LogP contribution in [-0.2, 0) is 7.05 Å². The molecule has 8 nitrogen and oxygen atoms in total. The maximum absolute atomic E-state index is 13.1. The van der Waals surface area contributed by atoms with E-state index >= 15 is 0 Å². The van der Waals surface area contributed by atoms with Gasteiger partial charge in [-0.3, -0.25) is 14.3 Å². The number of hydrogen-bond donors (Lipinski definition) is 1. The molecule has 0 saturated carbocycles. The molecule has 1 atom stereocenters. The van der Waals surface area contributed by atoms with Gasteiger partial charge in [0.15, 0.2) is 16.9 Å². The smallest absolute Gasteiger partial charge is 0.271 e. The van der Waals surface area contributed by atoms with Crippen molar-refractivity contribution in [3.05, 3.63) is 86.9 Å². The molecule has 0 aliphatic rings. The van der Waals surface area contributed by atoms with Crippen molar-refractivity contribution in [2.75, 3.05) is 0 Å². The van der Waals surface area contributed by atoms with Crippen LogP contribution in [0, 0.1) is 6.92 Å². The largest absolute Gasteiger partial charge is 0.483 e. The molecule has 0 fully saturated rings. The van der Waals surface area contributed by atoms with E-state index in [1.165, 1.54) is 18.2 Å². The first kappa shape index (κ1) is 22.6. The summed E-state index contributed by atoms with van der Waals surface area (Å²) in [5.41, 5.74) is 8.72. The first-order valence-corrected chi connectivity index (χ1v) is 11.2. The molecule has 0 spiro atoms. The van der Waals surface area contributed by atoms with Crippen molar-refractivity contribution < 1.29 is 13.9 Å². The summed E-state index contributed by atoms with van der Waals surface area (Å²) in [7, 11) is 1.85. The second-order valence-electron chi connectivity index (χ2n) is 8.39. The van der Waals surface area contributed by atoms with Crippen molar-refractivity contribution in [1.82, 2.24) is 14.8 Å². The average Bonchev–Trinajstić information content (AvgIpc) is 3.19. The highest BCUT2D eigenvalue weighted by Crippen LogP contribution is 2.33. The molecule has 3 heterocycles. The SMILES string of the molecule is Cc1cc([C@@H](C)Oc2ccc(Cl)nc2C(N)=O)c2oc(-c3ccc4nn(C)cc4c3)cc(=O)c2c1. The third kappa shape index (κ3) is 4.24. The van der Waals surface area contributed by atoms with Gasteiger partial charge in [-0.2, -0.15) is 5.10 Å². The van der Waals surface area contributed by atoms with Crippen molar-refractivity contribution in [2.24, 2.45) is 12.8 Å². The summed E-state index contributed by atoms with van der Waals surface area (Å²) in [5, 5.41) is 5.88. The van der Waals surface area contributed by atoms with Crippen LogP contribution < -0.4 is 15.9 Å². The third-order valence-electron chi connectivity index (χ3n) is 5.70. The van der Waals surface area contributed by atoms with Crippen LogP contribution in [0.3, 0.4) is 0 Å². The molecule has 9 heteroatoms. The van der Waals surface area contributed by atoms with Gasteiger partial charge in [0.25, 0.3) is 5.91 Å². The number of carbonyl (C=O) groups excluding carboxylic acids is 1. The van der Waals surface area contributed by atoms with Gasteiger partial charge >= 0.3 is 0 Å². The maximum Gasteiger partial charge on any atom is 0.271 e. The van der Waals surface area contributed by atoms with Crippen LogP contribution in [0.4, 0.5) is 0 Å². The Bertz CT molecular complexity index is 1690. The minimum atomic E-state index is -0.761. The lowest BCUT2D eigenvalue weighted by molar-refractivity contribution is 0.0988. The first-order valence-electron chi connectivity index (χ1n) is 10.8. The Balaban J connectivity index is 1.63. The minimum absolute atomic E-state index is 0.0757. The highest BCUT2D eigenvalue weighted by molar-refractivity contribution is 6.29. The van der Waals surface area contributed by atoms with Gasteiger partial charge in [0.2, 0.25) is 0 Å². The Hall–Kier alpha value is -4.17. The van der Waals surface area contributed by atoms with Crippen molar-refractivity contribution >= 4 is 39.4 Å². The van der Waals surface area contributed by atoms with Gasteiger partial charge in [-0.05, 0) is 61.9 Å². The van der Waals surface area contributed by atoms with Crippen molar-refractivity contribution in [1.29, 1.82) is 0 Å². The fraction of sp³-hybridized carbons (Fsp3) is 0.154. The summed E-state index contributed by atoms with van der Waals surface area (Å²) in [6.07, 6.45) is 1.30. The molecule has 0 saturated heterocycles. The molecule has 5 rings (SSSR count). The van der Waals surface area contributed by atoms with Crippen LogP contribution in [0.2, 0.25) is 5.15 Å². The molecule has 5 aromatic rings. The van der Waals surface area contributed by atoms with Gasteiger partial charge < -0.3 is 14.9 Å². The van der Waals surface area contributed by atoms with Gasteiger partial charge in [0.05, 0.1) is 10.9 Å². The molecule has 2 aromatic carbocycles. The highest BCUT2D eigenvalue weighted by Gasteiger charge is 2.20. The Morgan fingerprint density at radius 1 is 1.17 bits per heavy atom. The van der Waals surface area contributed by atoms with Crippen LogP contribution in [0.25, 0.3) is 33.2 Å². The van der Waals surface area contributed by atoms with Crippen LogP contribution in [0.15, 0.2) is 63.9 Å². The van der Waals surface area contributed by atoms with Gasteiger partial charge in [-0.15, -0.1) is 0 Å². The van der Waals surface area contributed by atoms with E-state index in [1.807, 2.05) is 44.4 Å². The lowest BCUT2D eigenvalue weighted by atomic mass is 10.0. The molecular weight excluding hydrogens is 468 g/mol. The molecule has 176 valence electrons. The normalized spacial score (nSPS) is 12.2. The molecule has 0 aliphatic carbocycles. The number of amides is 1. The van der Waals surface area contributed by atoms with Crippen molar-refractivity contribution in [3.8, 4) is 17.1 Å². The summed E-state index contributed by atoms with van der Waals surface area (Å²) < 4.78 is 14.1. The first-order chi connectivity index (χ1) is 16.7. The zero-order valence-electron chi connectivity index (χ0n) is 19.2. The zero-order chi connectivity index (χ0) is 24.9. The Morgan fingerprint density at radius 3 is 2.74 bits per heavy atom. The molecule has 0 aliphatic heterocycles. The molecule has 2 N–H and O–H groups in total. The predicted octanol–water partition coefficient (Wildman–Crippen LogP) is 4.94. The number of fused-ring (bicyclic) bond motifs is 2. The van der Waals surface area contributed by atoms with Crippen molar-refractivity contribution in [2.45, 2.75) is 20.0 Å². The Kier molecular flexibility index (Phi) is 5.53. The summed E-state index contributed by atoms with van der Waals surface area (Å²) >= 11 is 5.91. The Labute approximate surface area is 204 Å². The number of primary amides is 1. The van der Waals surface area contributed by atoms with E-state index < -0.39 is 12.0 Å². The third-order valence-corrected chi connectivity index (χ3v) is 5.91. The number of nitrogens with zero attached hydrogens (tertiary/aromatic N) is 3. The van der Waals surface area contributed by atoms with Gasteiger partial charge in [0.1, 0.15) is 22.6 Å². The standard InChI is InChI=1S/C26H21ClN4O4/c1-13-8-17(14(2)34-21-6-7-23(27)29-24(21)26(28)33)25-18(9-13)20(32)11-22(35-25)15-4-5-19-16(10-15)12-31(3)30-19/h4-12,14H,1-3H3,(H2,28,33)/t14-/m1/s1. The number of aryl methyl sites for hydroxylation is 2. The van der Waals surface area contributed by atoms with Gasteiger partial charge in [-0.1, -0.05) is 11.6 Å². The predicted molar refractivity (Wildman–Crippen MR) is 134 cm³/mol. The average molecular weight is 489 g/mol. The number of rotatable bonds is 5. The quantitative estimate of drug-likeness (QED) is 0.350. The van der Waals surface area contributed by atoms with E-state index in [-0.39, 0.29) is 22.0 Å². The minimum Gasteiger partial charge on any atom is -0.483 e. The number of benzene rings is 2. The van der Waals surface area contributed by atoms with Gasteiger partial charge in [0, 0.05) is 35.8 Å². The van der Waals surface area contributed by atoms with Crippen LogP contribution in [0.5, 0.6) is 5.75 Å². The van der Waals surface area contributed by atoms with Gasteiger partial charge in [-0.25, -0.2) is 4.98 Å². The molecule has 0 unspecified atom stereocenters. The number of aromatic nitrogens is 3. The lowest BCUT2D eigenvalue weighted by Crippen LogP contribution is -2.16. The highest BCUT2D eigenvalue weighted by atomic mass is 35.5. The summed E-state index contributed by atoms with van der Waals surface area (Å²) in [6.45, 7) is 3.68. The monoisotopic (exact) mass is 488 g/mol. The second kappa shape index (κ2) is 8.56. The van der Waals surface area contributed by atoms with Crippen molar-refractivity contribution in [3.63, 3.8) is 0 Å². The maximum atomic E-state index is 13.1. The molecule has 35 heavy (non-hydrogen) atoms. The fourth-order valence-corrected chi connectivity index (χ4v) is 4.28. The molecule has 1 amide bonds.